The molecule has 1 saturated heterocycles. The number of benzene rings is 1. The minimum absolute atomic E-state index is 0.0676. The molecule has 0 aromatic heterocycles. The van der Waals surface area contributed by atoms with Crippen molar-refractivity contribution < 1.29 is 14.3 Å². The summed E-state index contributed by atoms with van der Waals surface area (Å²) >= 11 is 0. The highest BCUT2D eigenvalue weighted by Gasteiger charge is 2.38. The average molecular weight is 388 g/mol. The van der Waals surface area contributed by atoms with Crippen LogP contribution in [0.3, 0.4) is 0 Å². The summed E-state index contributed by atoms with van der Waals surface area (Å²) in [6, 6.07) is 10.5. The molecule has 0 atom stereocenters. The number of piperazine rings is 1. The van der Waals surface area contributed by atoms with Crippen molar-refractivity contribution in [3.8, 4) is 0 Å². The van der Waals surface area contributed by atoms with Crippen LogP contribution in [0.4, 0.5) is 4.79 Å². The van der Waals surface area contributed by atoms with E-state index in [-0.39, 0.29) is 17.4 Å². The van der Waals surface area contributed by atoms with Gasteiger partial charge in [0.15, 0.2) is 0 Å². The Kier molecular flexibility index (Phi) is 6.94. The minimum atomic E-state index is -0.243. The van der Waals surface area contributed by atoms with E-state index < -0.39 is 0 Å². The molecule has 2 fully saturated rings. The van der Waals surface area contributed by atoms with Gasteiger partial charge in [-0.3, -0.25) is 9.69 Å². The highest BCUT2D eigenvalue weighted by atomic mass is 16.6. The van der Waals surface area contributed by atoms with Crippen molar-refractivity contribution in [3.63, 3.8) is 0 Å². The molecule has 1 aromatic carbocycles. The topological polar surface area (TPSA) is 61.9 Å². The first-order chi connectivity index (χ1) is 13.5. The van der Waals surface area contributed by atoms with E-state index in [1.807, 2.05) is 19.9 Å². The largest absolute Gasteiger partial charge is 0.449 e. The third-order valence-corrected chi connectivity index (χ3v) is 5.86. The van der Waals surface area contributed by atoms with Crippen LogP contribution in [0.15, 0.2) is 30.3 Å². The normalized spacial score (nSPS) is 19.2. The lowest BCUT2D eigenvalue weighted by Crippen LogP contribution is -2.52. The Balaban J connectivity index is 1.40. The van der Waals surface area contributed by atoms with Gasteiger partial charge in [0.25, 0.3) is 0 Å². The lowest BCUT2D eigenvalue weighted by Gasteiger charge is -2.43. The Morgan fingerprint density at radius 2 is 1.79 bits per heavy atom. The van der Waals surface area contributed by atoms with E-state index in [0.717, 1.165) is 12.8 Å². The predicted molar refractivity (Wildman–Crippen MR) is 109 cm³/mol. The fourth-order valence-corrected chi connectivity index (χ4v) is 3.91. The van der Waals surface area contributed by atoms with Crippen molar-refractivity contribution in [3.05, 3.63) is 35.9 Å². The molecule has 154 valence electrons. The fraction of sp³-hybridized carbons (Fsp3) is 0.636. The number of nitrogens with zero attached hydrogens (tertiary/aromatic N) is 2. The third kappa shape index (κ3) is 5.25. The molecule has 1 heterocycles. The Hall–Kier alpha value is -2.08. The second kappa shape index (κ2) is 9.41. The summed E-state index contributed by atoms with van der Waals surface area (Å²) in [6.45, 7) is 8.21. The predicted octanol–water partition coefficient (Wildman–Crippen LogP) is 2.63. The smallest absolute Gasteiger partial charge is 0.409 e. The average Bonchev–Trinajstić information content (AvgIpc) is 2.66. The van der Waals surface area contributed by atoms with Crippen molar-refractivity contribution in [2.75, 3.05) is 45.9 Å². The van der Waals surface area contributed by atoms with Crippen LogP contribution in [-0.4, -0.2) is 67.7 Å². The van der Waals surface area contributed by atoms with E-state index in [9.17, 15) is 9.59 Å². The van der Waals surface area contributed by atoms with Gasteiger partial charge in [0.1, 0.15) is 0 Å². The number of nitrogens with one attached hydrogen (secondary N) is 1. The molecule has 0 bridgehead atoms. The summed E-state index contributed by atoms with van der Waals surface area (Å²) in [5, 5.41) is 3.15. The summed E-state index contributed by atoms with van der Waals surface area (Å²) in [6.07, 6.45) is 3.25. The summed E-state index contributed by atoms with van der Waals surface area (Å²) < 4.78 is 5.29. The SMILES string of the molecule is CC(C)COC(=O)N1CCN(CC(=O)NCC2(c3ccccc3)CCC2)CC1. The lowest BCUT2D eigenvalue weighted by molar-refractivity contribution is -0.123. The first-order valence-electron chi connectivity index (χ1n) is 10.4. The van der Waals surface area contributed by atoms with Gasteiger partial charge in [-0.1, -0.05) is 50.6 Å². The van der Waals surface area contributed by atoms with Gasteiger partial charge in [0, 0.05) is 38.1 Å². The minimum Gasteiger partial charge on any atom is -0.449 e. The Labute approximate surface area is 168 Å². The Bertz CT molecular complexity index is 650. The van der Waals surface area contributed by atoms with E-state index >= 15 is 0 Å². The van der Waals surface area contributed by atoms with Gasteiger partial charge in [0.2, 0.25) is 5.91 Å². The van der Waals surface area contributed by atoms with Crippen molar-refractivity contribution in [1.29, 1.82) is 0 Å². The fourth-order valence-electron chi connectivity index (χ4n) is 3.91. The Morgan fingerprint density at radius 1 is 1.11 bits per heavy atom. The number of hydrogen-bond donors (Lipinski definition) is 1. The molecular formula is C22H33N3O3. The van der Waals surface area contributed by atoms with Crippen molar-refractivity contribution >= 4 is 12.0 Å². The zero-order valence-corrected chi connectivity index (χ0v) is 17.2. The first kappa shape index (κ1) is 20.6. The number of amides is 2. The van der Waals surface area contributed by atoms with Gasteiger partial charge in [0.05, 0.1) is 13.2 Å². The molecule has 1 aliphatic heterocycles. The molecule has 0 spiro atoms. The van der Waals surface area contributed by atoms with Crippen LogP contribution < -0.4 is 5.32 Å². The second-order valence-electron chi connectivity index (χ2n) is 8.51. The van der Waals surface area contributed by atoms with Gasteiger partial charge in [-0.2, -0.15) is 0 Å². The molecule has 28 heavy (non-hydrogen) atoms. The Morgan fingerprint density at radius 3 is 2.36 bits per heavy atom. The summed E-state index contributed by atoms with van der Waals surface area (Å²) in [5.74, 6) is 0.404. The molecule has 0 radical (unpaired) electrons. The van der Waals surface area contributed by atoms with E-state index in [1.165, 1.54) is 12.0 Å². The van der Waals surface area contributed by atoms with Gasteiger partial charge in [-0.25, -0.2) is 4.79 Å². The van der Waals surface area contributed by atoms with Gasteiger partial charge in [-0.05, 0) is 24.3 Å². The highest BCUT2D eigenvalue weighted by Crippen LogP contribution is 2.43. The summed E-state index contributed by atoms with van der Waals surface area (Å²) in [5.41, 5.74) is 1.44. The van der Waals surface area contributed by atoms with Gasteiger partial charge in [-0.15, -0.1) is 0 Å². The quantitative estimate of drug-likeness (QED) is 0.781. The van der Waals surface area contributed by atoms with Crippen molar-refractivity contribution in [2.45, 2.75) is 38.5 Å². The summed E-state index contributed by atoms with van der Waals surface area (Å²) in [7, 11) is 0. The van der Waals surface area contributed by atoms with Crippen molar-refractivity contribution in [2.24, 2.45) is 5.92 Å². The van der Waals surface area contributed by atoms with Crippen LogP contribution in [0.1, 0.15) is 38.7 Å². The maximum absolute atomic E-state index is 12.5. The number of ether oxygens (including phenoxy) is 1. The molecule has 0 unspecified atom stereocenters. The highest BCUT2D eigenvalue weighted by molar-refractivity contribution is 5.78. The van der Waals surface area contributed by atoms with E-state index in [1.54, 1.807) is 4.90 Å². The maximum atomic E-state index is 12.5. The zero-order valence-electron chi connectivity index (χ0n) is 17.2. The van der Waals surface area contributed by atoms with Gasteiger partial charge >= 0.3 is 6.09 Å². The number of hydrogen-bond acceptors (Lipinski definition) is 4. The summed E-state index contributed by atoms with van der Waals surface area (Å²) in [4.78, 5) is 28.3. The standard InChI is InChI=1S/C22H33N3O3/c1-18(2)16-28-21(27)25-13-11-24(12-14-25)15-20(26)23-17-22(9-6-10-22)19-7-4-3-5-8-19/h3-5,7-8,18H,6,9-17H2,1-2H3,(H,23,26). The molecule has 6 heteroatoms. The van der Waals surface area contributed by atoms with Crippen molar-refractivity contribution in [1.82, 2.24) is 15.1 Å². The number of rotatable bonds is 7. The second-order valence-corrected chi connectivity index (χ2v) is 8.51. The number of carbonyl (C=O) groups excluding carboxylic acids is 2. The van der Waals surface area contributed by atoms with E-state index in [2.05, 4.69) is 34.5 Å². The monoisotopic (exact) mass is 387 g/mol. The van der Waals surface area contributed by atoms with E-state index in [4.69, 9.17) is 4.74 Å². The molecule has 2 amide bonds. The zero-order chi connectivity index (χ0) is 20.0. The molecule has 3 rings (SSSR count). The van der Waals surface area contributed by atoms with Crippen LogP contribution in [0, 0.1) is 5.92 Å². The van der Waals surface area contributed by atoms with Crippen LogP contribution in [0.2, 0.25) is 0 Å². The molecule has 1 aromatic rings. The van der Waals surface area contributed by atoms with Crippen LogP contribution in [0.25, 0.3) is 0 Å². The first-order valence-corrected chi connectivity index (χ1v) is 10.4. The molecule has 1 N–H and O–H groups in total. The van der Waals surface area contributed by atoms with E-state index in [0.29, 0.717) is 51.8 Å². The maximum Gasteiger partial charge on any atom is 0.409 e. The molecule has 1 aliphatic carbocycles. The lowest BCUT2D eigenvalue weighted by atomic mass is 9.64. The van der Waals surface area contributed by atoms with Gasteiger partial charge < -0.3 is 15.0 Å². The van der Waals surface area contributed by atoms with Crippen LogP contribution >= 0.6 is 0 Å². The molecule has 6 nitrogen and oxygen atoms in total. The third-order valence-electron chi connectivity index (χ3n) is 5.86. The molecule has 1 saturated carbocycles. The van der Waals surface area contributed by atoms with Crippen LogP contribution in [-0.2, 0) is 14.9 Å². The molecular weight excluding hydrogens is 354 g/mol. The van der Waals surface area contributed by atoms with Crippen LogP contribution in [0.5, 0.6) is 0 Å². The number of carbonyl (C=O) groups is 2. The molecule has 2 aliphatic rings.